The fraction of sp³-hybridized carbons (Fsp3) is 0.167. The van der Waals surface area contributed by atoms with Crippen LogP contribution in [0.3, 0.4) is 0 Å². The molecule has 0 radical (unpaired) electrons. The number of rotatable bonds is 5. The third-order valence-corrected chi connectivity index (χ3v) is 4.87. The van der Waals surface area contributed by atoms with Crippen molar-refractivity contribution in [2.45, 2.75) is 13.3 Å². The van der Waals surface area contributed by atoms with Gasteiger partial charge in [0.15, 0.2) is 12.4 Å². The van der Waals surface area contributed by atoms with Crippen LogP contribution in [0.5, 0.6) is 0 Å². The second-order valence-electron chi connectivity index (χ2n) is 5.27. The molecule has 0 aliphatic carbocycles. The molecule has 25 heavy (non-hydrogen) atoms. The number of ether oxygens (including phenoxy) is 1. The third-order valence-electron chi connectivity index (χ3n) is 3.49. The summed E-state index contributed by atoms with van der Waals surface area (Å²) in [5, 5.41) is 12.5. The fourth-order valence-electron chi connectivity index (χ4n) is 2.30. The second kappa shape index (κ2) is 7.63. The van der Waals surface area contributed by atoms with Gasteiger partial charge in [0, 0.05) is 29.1 Å². The molecule has 0 unspecified atom stereocenters. The summed E-state index contributed by atoms with van der Waals surface area (Å²) in [6, 6.07) is 10.8. The van der Waals surface area contributed by atoms with Crippen LogP contribution in [0.4, 0.5) is 0 Å². The number of carbonyl (C=O) groups excluding carboxylic acids is 1. The lowest BCUT2D eigenvalue weighted by molar-refractivity contribution is -0.605. The van der Waals surface area contributed by atoms with Crippen molar-refractivity contribution in [3.8, 4) is 10.6 Å². The van der Waals surface area contributed by atoms with Crippen molar-refractivity contribution in [2.75, 3.05) is 6.61 Å². The van der Waals surface area contributed by atoms with E-state index >= 15 is 0 Å². The number of hydrogen-bond acceptors (Lipinski definition) is 5. The van der Waals surface area contributed by atoms with E-state index in [1.54, 1.807) is 31.2 Å². The summed E-state index contributed by atoms with van der Waals surface area (Å²) in [6.45, 7) is 2.07. The topological polar surface area (TPSA) is 66.1 Å². The molecule has 0 amide bonds. The molecule has 3 rings (SSSR count). The highest BCUT2D eigenvalue weighted by Crippen LogP contribution is 2.30. The number of pyridine rings is 1. The minimum atomic E-state index is -0.384. The molecule has 2 aromatic heterocycles. The Bertz CT molecular complexity index is 876. The number of halogens is 1. The Morgan fingerprint density at radius 1 is 1.24 bits per heavy atom. The van der Waals surface area contributed by atoms with Gasteiger partial charge in [-0.05, 0) is 24.6 Å². The van der Waals surface area contributed by atoms with Gasteiger partial charge in [-0.2, -0.15) is 4.73 Å². The number of carbonyl (C=O) groups is 1. The van der Waals surface area contributed by atoms with E-state index < -0.39 is 0 Å². The minimum absolute atomic E-state index is 0.300. The molecule has 0 atom stereocenters. The summed E-state index contributed by atoms with van der Waals surface area (Å²) in [6.07, 6.45) is 3.30. The van der Waals surface area contributed by atoms with Crippen molar-refractivity contribution in [1.29, 1.82) is 0 Å². The summed E-state index contributed by atoms with van der Waals surface area (Å²) in [4.78, 5) is 17.4. The Balaban J connectivity index is 1.97. The number of thiazole rings is 1. The number of esters is 1. The summed E-state index contributed by atoms with van der Waals surface area (Å²) >= 11 is 7.19. The monoisotopic (exact) mass is 374 g/mol. The smallest absolute Gasteiger partial charge is 0.350 e. The van der Waals surface area contributed by atoms with Crippen LogP contribution in [0.1, 0.15) is 27.9 Å². The Labute approximate surface area is 154 Å². The maximum Gasteiger partial charge on any atom is 0.350 e. The molecule has 0 spiro atoms. The van der Waals surface area contributed by atoms with E-state index in [0.29, 0.717) is 38.4 Å². The van der Waals surface area contributed by atoms with Crippen molar-refractivity contribution in [1.82, 2.24) is 4.98 Å². The van der Waals surface area contributed by atoms with E-state index in [1.807, 2.05) is 12.1 Å². The molecular formula is C18H15ClN2O3S. The lowest BCUT2D eigenvalue weighted by Gasteiger charge is -2.03. The highest BCUT2D eigenvalue weighted by molar-refractivity contribution is 7.17. The highest BCUT2D eigenvalue weighted by atomic mass is 35.5. The van der Waals surface area contributed by atoms with Crippen molar-refractivity contribution < 1.29 is 14.3 Å². The zero-order valence-corrected chi connectivity index (χ0v) is 15.0. The Morgan fingerprint density at radius 2 is 1.92 bits per heavy atom. The molecule has 128 valence electrons. The molecule has 3 aromatic rings. The zero-order valence-electron chi connectivity index (χ0n) is 13.4. The van der Waals surface area contributed by atoms with Gasteiger partial charge in [-0.3, -0.25) is 0 Å². The lowest BCUT2D eigenvalue weighted by Crippen LogP contribution is -2.23. The molecule has 7 heteroatoms. The number of nitrogens with zero attached hydrogens (tertiary/aromatic N) is 2. The molecule has 1 aromatic carbocycles. The van der Waals surface area contributed by atoms with Crippen LogP contribution in [-0.4, -0.2) is 17.6 Å². The van der Waals surface area contributed by atoms with E-state index in [1.165, 1.54) is 23.7 Å². The summed E-state index contributed by atoms with van der Waals surface area (Å²) < 4.78 is 5.86. The van der Waals surface area contributed by atoms with Gasteiger partial charge in [-0.25, -0.2) is 9.78 Å². The first-order valence-electron chi connectivity index (χ1n) is 7.67. The third kappa shape index (κ3) is 4.15. The van der Waals surface area contributed by atoms with Gasteiger partial charge in [-0.15, -0.1) is 11.3 Å². The van der Waals surface area contributed by atoms with Gasteiger partial charge in [0.05, 0.1) is 12.3 Å². The number of aromatic nitrogens is 2. The minimum Gasteiger partial charge on any atom is -0.619 e. The summed E-state index contributed by atoms with van der Waals surface area (Å²) in [5.74, 6) is -0.384. The standard InChI is InChI=1S/C18H15ClN2O3S/c1-2-24-18(22)16-15(11-12-3-5-14(19)6-4-12)20-17(25-16)13-7-9-21(23)10-8-13/h3-10H,2,11H2,1H3. The molecule has 0 bridgehead atoms. The first-order chi connectivity index (χ1) is 12.1. The predicted molar refractivity (Wildman–Crippen MR) is 96.7 cm³/mol. The average molecular weight is 375 g/mol. The molecule has 0 fully saturated rings. The normalized spacial score (nSPS) is 10.6. The number of benzene rings is 1. The van der Waals surface area contributed by atoms with Crippen LogP contribution >= 0.6 is 22.9 Å². The van der Waals surface area contributed by atoms with Crippen LogP contribution in [0.25, 0.3) is 10.6 Å². The maximum absolute atomic E-state index is 12.3. The van der Waals surface area contributed by atoms with Crippen molar-refractivity contribution in [2.24, 2.45) is 0 Å². The van der Waals surface area contributed by atoms with Crippen molar-refractivity contribution in [3.05, 3.63) is 75.2 Å². The van der Waals surface area contributed by atoms with Gasteiger partial charge in [0.1, 0.15) is 9.88 Å². The number of hydrogen-bond donors (Lipinski definition) is 0. The Hall–Kier alpha value is -2.44. The van der Waals surface area contributed by atoms with Gasteiger partial charge < -0.3 is 9.94 Å². The lowest BCUT2D eigenvalue weighted by atomic mass is 10.1. The molecule has 0 aliphatic heterocycles. The molecule has 2 heterocycles. The van der Waals surface area contributed by atoms with Gasteiger partial charge in [-0.1, -0.05) is 23.7 Å². The first-order valence-corrected chi connectivity index (χ1v) is 8.86. The first kappa shape index (κ1) is 17.4. The van der Waals surface area contributed by atoms with Gasteiger partial charge in [0.2, 0.25) is 0 Å². The van der Waals surface area contributed by atoms with Crippen LogP contribution in [0, 0.1) is 5.21 Å². The second-order valence-corrected chi connectivity index (χ2v) is 6.70. The maximum atomic E-state index is 12.3. The molecule has 0 saturated carbocycles. The van der Waals surface area contributed by atoms with Crippen LogP contribution in [0.15, 0.2) is 48.8 Å². The highest BCUT2D eigenvalue weighted by Gasteiger charge is 2.20. The zero-order chi connectivity index (χ0) is 17.8. The molecule has 5 nitrogen and oxygen atoms in total. The summed E-state index contributed by atoms with van der Waals surface area (Å²) in [5.41, 5.74) is 2.43. The Morgan fingerprint density at radius 3 is 2.56 bits per heavy atom. The van der Waals surface area contributed by atoms with E-state index in [9.17, 15) is 10.0 Å². The largest absolute Gasteiger partial charge is 0.619 e. The quantitative estimate of drug-likeness (QED) is 0.386. The molecular weight excluding hydrogens is 360 g/mol. The van der Waals surface area contributed by atoms with Gasteiger partial charge >= 0.3 is 5.97 Å². The molecule has 0 saturated heterocycles. The fourth-order valence-corrected chi connectivity index (χ4v) is 3.41. The van der Waals surface area contributed by atoms with Gasteiger partial charge in [0.25, 0.3) is 0 Å². The van der Waals surface area contributed by atoms with E-state index in [2.05, 4.69) is 4.98 Å². The van der Waals surface area contributed by atoms with E-state index in [0.717, 1.165) is 11.1 Å². The van der Waals surface area contributed by atoms with E-state index in [-0.39, 0.29) is 5.97 Å². The summed E-state index contributed by atoms with van der Waals surface area (Å²) in [7, 11) is 0. The van der Waals surface area contributed by atoms with E-state index in [4.69, 9.17) is 16.3 Å². The van der Waals surface area contributed by atoms with Crippen LogP contribution in [0.2, 0.25) is 5.02 Å². The van der Waals surface area contributed by atoms with Crippen LogP contribution in [-0.2, 0) is 11.2 Å². The predicted octanol–water partition coefficient (Wildman–Crippen LogP) is 3.86. The van der Waals surface area contributed by atoms with Crippen LogP contribution < -0.4 is 4.73 Å². The SMILES string of the molecule is CCOC(=O)c1sc(-c2cc[n+]([O-])cc2)nc1Cc1ccc(Cl)cc1. The Kier molecular flexibility index (Phi) is 5.31. The average Bonchev–Trinajstić information content (AvgIpc) is 3.02. The van der Waals surface area contributed by atoms with Crippen molar-refractivity contribution >= 4 is 28.9 Å². The van der Waals surface area contributed by atoms with Crippen molar-refractivity contribution in [3.63, 3.8) is 0 Å². The molecule has 0 N–H and O–H groups in total. The molecule has 0 aliphatic rings.